The number of tetrazole rings is 1. The van der Waals surface area contributed by atoms with E-state index in [9.17, 15) is 14.4 Å². The summed E-state index contributed by atoms with van der Waals surface area (Å²) in [5.41, 5.74) is 3.63. The van der Waals surface area contributed by atoms with Crippen LogP contribution in [0.2, 0.25) is 5.02 Å². The van der Waals surface area contributed by atoms with Gasteiger partial charge in [0.2, 0.25) is 11.8 Å². The lowest BCUT2D eigenvalue weighted by Crippen LogP contribution is -2.14. The molecule has 0 radical (unpaired) electrons. The van der Waals surface area contributed by atoms with Crippen LogP contribution in [0, 0.1) is 0 Å². The molecule has 4 N–H and O–H groups in total. The Kier molecular flexibility index (Phi) is 8.42. The van der Waals surface area contributed by atoms with Crippen LogP contribution in [0.1, 0.15) is 17.5 Å². The highest BCUT2D eigenvalue weighted by Gasteiger charge is 2.10. The first-order chi connectivity index (χ1) is 18.4. The number of aryl methyl sites for hydroxylation is 1. The molecular formula is C26H22ClN7O4. The number of aromatic nitrogens is 4. The van der Waals surface area contributed by atoms with Crippen LogP contribution >= 0.6 is 11.6 Å². The quantitative estimate of drug-likeness (QED) is 0.230. The molecule has 4 aromatic rings. The highest BCUT2D eigenvalue weighted by atomic mass is 35.5. The second-order valence-corrected chi connectivity index (χ2v) is 8.43. The predicted molar refractivity (Wildman–Crippen MR) is 143 cm³/mol. The first kappa shape index (κ1) is 26.0. The summed E-state index contributed by atoms with van der Waals surface area (Å²) in [4.78, 5) is 35.8. The molecule has 12 heteroatoms. The summed E-state index contributed by atoms with van der Waals surface area (Å²) in [6.07, 6.45) is 3.84. The minimum atomic E-state index is -1.17. The van der Waals surface area contributed by atoms with Gasteiger partial charge in [-0.2, -0.15) is 4.68 Å². The topological polar surface area (TPSA) is 151 Å². The van der Waals surface area contributed by atoms with E-state index in [1.54, 1.807) is 60.7 Å². The molecule has 0 unspecified atom stereocenters. The Morgan fingerprint density at radius 2 is 1.68 bits per heavy atom. The fourth-order valence-corrected chi connectivity index (χ4v) is 3.75. The molecular weight excluding hydrogens is 510 g/mol. The van der Waals surface area contributed by atoms with E-state index in [1.807, 2.05) is 12.1 Å². The van der Waals surface area contributed by atoms with Crippen molar-refractivity contribution in [1.29, 1.82) is 0 Å². The summed E-state index contributed by atoms with van der Waals surface area (Å²) >= 11 is 6.13. The van der Waals surface area contributed by atoms with Gasteiger partial charge in [0.1, 0.15) is 6.33 Å². The number of nitrogens with zero attached hydrogens (tertiary/aromatic N) is 4. The lowest BCUT2D eigenvalue weighted by molar-refractivity contribution is -0.116. The van der Waals surface area contributed by atoms with Crippen molar-refractivity contribution in [2.45, 2.75) is 12.8 Å². The zero-order valence-corrected chi connectivity index (χ0v) is 20.6. The molecule has 0 fully saturated rings. The highest BCUT2D eigenvalue weighted by Crippen LogP contribution is 2.21. The lowest BCUT2D eigenvalue weighted by atomic mass is 10.1. The van der Waals surface area contributed by atoms with Crippen LogP contribution in [0.5, 0.6) is 0 Å². The van der Waals surface area contributed by atoms with Gasteiger partial charge < -0.3 is 15.7 Å². The SMILES string of the molecule is O=C(O)Nc1ccc(NC(=O)CCc2ccccc2NC(=O)/C=C/c2cc(Cl)ccc2-n2cnnn2)cc1. The van der Waals surface area contributed by atoms with Crippen LogP contribution in [0.15, 0.2) is 79.1 Å². The molecule has 1 heterocycles. The molecule has 4 rings (SSSR count). The minimum absolute atomic E-state index is 0.176. The van der Waals surface area contributed by atoms with Crippen molar-refractivity contribution in [2.24, 2.45) is 0 Å². The molecule has 38 heavy (non-hydrogen) atoms. The first-order valence-corrected chi connectivity index (χ1v) is 11.7. The fourth-order valence-electron chi connectivity index (χ4n) is 3.57. The summed E-state index contributed by atoms with van der Waals surface area (Å²) in [5.74, 6) is -0.583. The summed E-state index contributed by atoms with van der Waals surface area (Å²) in [5, 5.41) is 28.3. The molecule has 11 nitrogen and oxygen atoms in total. The second-order valence-electron chi connectivity index (χ2n) is 7.99. The number of benzene rings is 3. The first-order valence-electron chi connectivity index (χ1n) is 11.4. The van der Waals surface area contributed by atoms with Crippen molar-refractivity contribution in [2.75, 3.05) is 16.0 Å². The van der Waals surface area contributed by atoms with E-state index in [2.05, 4.69) is 31.5 Å². The number of carboxylic acid groups (broad SMARTS) is 1. The average molecular weight is 532 g/mol. The van der Waals surface area contributed by atoms with Gasteiger partial charge in [-0.3, -0.25) is 14.9 Å². The molecule has 0 saturated carbocycles. The monoisotopic (exact) mass is 531 g/mol. The smallest absolute Gasteiger partial charge is 0.409 e. The van der Waals surface area contributed by atoms with Crippen LogP contribution in [0.4, 0.5) is 21.9 Å². The zero-order chi connectivity index (χ0) is 26.9. The summed E-state index contributed by atoms with van der Waals surface area (Å²) in [6, 6.07) is 18.7. The minimum Gasteiger partial charge on any atom is -0.465 e. The molecule has 0 saturated heterocycles. The number of para-hydroxylation sites is 1. The van der Waals surface area contributed by atoms with Gasteiger partial charge >= 0.3 is 6.09 Å². The fraction of sp³-hybridized carbons (Fsp3) is 0.0769. The third-order valence-electron chi connectivity index (χ3n) is 5.32. The van der Waals surface area contributed by atoms with Crippen molar-refractivity contribution in [1.82, 2.24) is 20.2 Å². The molecule has 0 spiro atoms. The number of amides is 3. The molecule has 3 amide bonds. The number of hydrogen-bond acceptors (Lipinski definition) is 6. The van der Waals surface area contributed by atoms with E-state index < -0.39 is 6.09 Å². The number of anilines is 3. The van der Waals surface area contributed by atoms with Gasteiger partial charge in [0, 0.05) is 40.1 Å². The van der Waals surface area contributed by atoms with Crippen LogP contribution in [-0.2, 0) is 16.0 Å². The average Bonchev–Trinajstić information content (AvgIpc) is 3.43. The Hall–Kier alpha value is -5.03. The maximum atomic E-state index is 12.7. The maximum Gasteiger partial charge on any atom is 0.409 e. The van der Waals surface area contributed by atoms with Crippen molar-refractivity contribution in [3.8, 4) is 5.69 Å². The van der Waals surface area contributed by atoms with E-state index in [1.165, 1.54) is 17.1 Å². The molecule has 0 aliphatic carbocycles. The Morgan fingerprint density at radius 1 is 0.947 bits per heavy atom. The van der Waals surface area contributed by atoms with Gasteiger partial charge in [-0.15, -0.1) is 5.10 Å². The summed E-state index contributed by atoms with van der Waals surface area (Å²) in [7, 11) is 0. The van der Waals surface area contributed by atoms with Crippen LogP contribution in [0.3, 0.4) is 0 Å². The molecule has 0 aliphatic heterocycles. The zero-order valence-electron chi connectivity index (χ0n) is 19.8. The van der Waals surface area contributed by atoms with Gasteiger partial charge in [-0.25, -0.2) is 4.79 Å². The molecule has 3 aromatic carbocycles. The third kappa shape index (κ3) is 7.24. The number of carbonyl (C=O) groups is 3. The second kappa shape index (κ2) is 12.3. The Labute approximate surface area is 222 Å². The summed E-state index contributed by atoms with van der Waals surface area (Å²) < 4.78 is 1.47. The number of rotatable bonds is 9. The van der Waals surface area contributed by atoms with E-state index in [-0.39, 0.29) is 18.2 Å². The van der Waals surface area contributed by atoms with E-state index in [0.717, 1.165) is 5.56 Å². The molecule has 0 aliphatic rings. The van der Waals surface area contributed by atoms with Gasteiger partial charge in [0.15, 0.2) is 0 Å². The van der Waals surface area contributed by atoms with Crippen molar-refractivity contribution in [3.05, 3.63) is 95.3 Å². The maximum absolute atomic E-state index is 12.7. The predicted octanol–water partition coefficient (Wildman–Crippen LogP) is 4.63. The van der Waals surface area contributed by atoms with Crippen molar-refractivity contribution >= 4 is 52.6 Å². The molecule has 0 atom stereocenters. The van der Waals surface area contributed by atoms with Gasteiger partial charge in [0.25, 0.3) is 0 Å². The normalized spacial score (nSPS) is 10.8. The molecule has 0 bridgehead atoms. The lowest BCUT2D eigenvalue weighted by Gasteiger charge is -2.11. The van der Waals surface area contributed by atoms with Crippen molar-refractivity contribution in [3.63, 3.8) is 0 Å². The van der Waals surface area contributed by atoms with E-state index in [4.69, 9.17) is 16.7 Å². The van der Waals surface area contributed by atoms with Crippen LogP contribution in [-0.4, -0.2) is 43.2 Å². The van der Waals surface area contributed by atoms with Crippen LogP contribution < -0.4 is 16.0 Å². The van der Waals surface area contributed by atoms with Crippen molar-refractivity contribution < 1.29 is 19.5 Å². The van der Waals surface area contributed by atoms with Gasteiger partial charge in [-0.1, -0.05) is 29.8 Å². The Balaban J connectivity index is 1.36. The highest BCUT2D eigenvalue weighted by molar-refractivity contribution is 6.30. The standard InChI is InChI=1S/C26H22ClN7O4/c27-19-7-12-23(34-16-28-32-33-34)18(15-19)6-14-25(36)31-22-4-2-1-3-17(22)5-13-24(35)29-20-8-10-21(11-9-20)30-26(37)38/h1-4,6-12,14-16,30H,5,13H2,(H,29,35)(H,31,36)(H,37,38)/b14-6+. The van der Waals surface area contributed by atoms with Gasteiger partial charge in [0.05, 0.1) is 5.69 Å². The molecule has 192 valence electrons. The molecule has 1 aromatic heterocycles. The van der Waals surface area contributed by atoms with E-state index in [0.29, 0.717) is 39.8 Å². The van der Waals surface area contributed by atoms with Crippen LogP contribution in [0.25, 0.3) is 11.8 Å². The number of nitrogens with one attached hydrogen (secondary N) is 3. The largest absolute Gasteiger partial charge is 0.465 e. The van der Waals surface area contributed by atoms with Gasteiger partial charge in [-0.05, 0) is 77.0 Å². The Bertz CT molecular complexity index is 1470. The number of carbonyl (C=O) groups excluding carboxylic acids is 2. The van der Waals surface area contributed by atoms with E-state index >= 15 is 0 Å². The number of hydrogen-bond donors (Lipinski definition) is 4. The summed E-state index contributed by atoms with van der Waals surface area (Å²) in [6.45, 7) is 0. The number of halogens is 1. The third-order valence-corrected chi connectivity index (χ3v) is 5.55. The Morgan fingerprint density at radius 3 is 2.39 bits per heavy atom.